The molecule has 0 spiro atoms. The van der Waals surface area contributed by atoms with Crippen molar-refractivity contribution < 1.29 is 14.3 Å². The first-order valence-corrected chi connectivity index (χ1v) is 7.44. The molecule has 1 unspecified atom stereocenters. The highest BCUT2D eigenvalue weighted by atomic mass is 16.5. The summed E-state index contributed by atoms with van der Waals surface area (Å²) in [6.45, 7) is 1.07. The van der Waals surface area contributed by atoms with Crippen molar-refractivity contribution in [1.82, 2.24) is 14.8 Å². The maximum absolute atomic E-state index is 12.3. The van der Waals surface area contributed by atoms with E-state index in [0.29, 0.717) is 30.1 Å². The SMILES string of the molecule is COc1cccc(C(=O)NCC2Cn3cccc3C(=O)N2C)c1. The van der Waals surface area contributed by atoms with Crippen LogP contribution in [0.25, 0.3) is 0 Å². The first kappa shape index (κ1) is 15.1. The van der Waals surface area contributed by atoms with E-state index in [9.17, 15) is 9.59 Å². The van der Waals surface area contributed by atoms with Crippen molar-refractivity contribution in [3.8, 4) is 5.75 Å². The monoisotopic (exact) mass is 313 g/mol. The van der Waals surface area contributed by atoms with Gasteiger partial charge in [-0.3, -0.25) is 9.59 Å². The molecule has 6 nitrogen and oxygen atoms in total. The third-order valence-electron chi connectivity index (χ3n) is 4.15. The molecule has 1 aromatic heterocycles. The first-order valence-electron chi connectivity index (χ1n) is 7.44. The summed E-state index contributed by atoms with van der Waals surface area (Å²) in [5.74, 6) is 0.435. The Balaban J connectivity index is 1.66. The quantitative estimate of drug-likeness (QED) is 0.927. The van der Waals surface area contributed by atoms with Crippen molar-refractivity contribution in [2.45, 2.75) is 12.6 Å². The Morgan fingerprint density at radius 1 is 1.35 bits per heavy atom. The van der Waals surface area contributed by atoms with Gasteiger partial charge in [-0.25, -0.2) is 0 Å². The van der Waals surface area contributed by atoms with Gasteiger partial charge in [0.25, 0.3) is 11.8 Å². The molecule has 1 aliphatic heterocycles. The molecule has 2 aromatic rings. The molecule has 0 saturated heterocycles. The van der Waals surface area contributed by atoms with E-state index in [0.717, 1.165) is 0 Å². The molecule has 0 bridgehead atoms. The van der Waals surface area contributed by atoms with Crippen LogP contribution in [0.4, 0.5) is 0 Å². The van der Waals surface area contributed by atoms with Gasteiger partial charge in [-0.1, -0.05) is 6.07 Å². The fourth-order valence-corrected chi connectivity index (χ4v) is 2.74. The van der Waals surface area contributed by atoms with Gasteiger partial charge in [0.1, 0.15) is 11.4 Å². The summed E-state index contributed by atoms with van der Waals surface area (Å²) in [4.78, 5) is 26.2. The number of carbonyl (C=O) groups excluding carboxylic acids is 2. The Morgan fingerprint density at radius 3 is 2.96 bits per heavy atom. The van der Waals surface area contributed by atoms with Crippen LogP contribution in [0.3, 0.4) is 0 Å². The minimum atomic E-state index is -0.178. The highest BCUT2D eigenvalue weighted by molar-refractivity contribution is 5.95. The predicted molar refractivity (Wildman–Crippen MR) is 85.6 cm³/mol. The molecule has 6 heteroatoms. The van der Waals surface area contributed by atoms with Gasteiger partial charge in [-0.15, -0.1) is 0 Å². The molecule has 3 rings (SSSR count). The van der Waals surface area contributed by atoms with Gasteiger partial charge in [0, 0.05) is 31.9 Å². The molecule has 1 N–H and O–H groups in total. The highest BCUT2D eigenvalue weighted by Crippen LogP contribution is 2.17. The number of fused-ring (bicyclic) bond motifs is 1. The summed E-state index contributed by atoms with van der Waals surface area (Å²) in [5, 5.41) is 2.89. The van der Waals surface area contributed by atoms with E-state index >= 15 is 0 Å². The van der Waals surface area contributed by atoms with Gasteiger partial charge in [-0.05, 0) is 30.3 Å². The smallest absolute Gasteiger partial charge is 0.270 e. The molecule has 120 valence electrons. The molecule has 1 atom stereocenters. The van der Waals surface area contributed by atoms with Crippen LogP contribution >= 0.6 is 0 Å². The van der Waals surface area contributed by atoms with E-state index in [-0.39, 0.29) is 17.9 Å². The predicted octanol–water partition coefficient (Wildman–Crippen LogP) is 1.38. The number of nitrogens with one attached hydrogen (secondary N) is 1. The topological polar surface area (TPSA) is 63.6 Å². The van der Waals surface area contributed by atoms with Crippen LogP contribution in [0, 0.1) is 0 Å². The number of likely N-dealkylation sites (N-methyl/N-ethyl adjacent to an activating group) is 1. The molecule has 1 aliphatic rings. The number of rotatable bonds is 4. The minimum absolute atomic E-state index is 0.0260. The third kappa shape index (κ3) is 2.92. The normalized spacial score (nSPS) is 16.9. The van der Waals surface area contributed by atoms with Crippen molar-refractivity contribution in [1.29, 1.82) is 0 Å². The summed E-state index contributed by atoms with van der Waals surface area (Å²) in [5.41, 5.74) is 1.22. The van der Waals surface area contributed by atoms with E-state index in [1.54, 1.807) is 43.3 Å². The number of nitrogens with zero attached hydrogens (tertiary/aromatic N) is 2. The maximum Gasteiger partial charge on any atom is 0.270 e. The van der Waals surface area contributed by atoms with E-state index in [2.05, 4.69) is 5.32 Å². The minimum Gasteiger partial charge on any atom is -0.497 e. The molecule has 1 aromatic carbocycles. The van der Waals surface area contributed by atoms with Gasteiger partial charge in [0.15, 0.2) is 0 Å². The fourth-order valence-electron chi connectivity index (χ4n) is 2.74. The Hall–Kier alpha value is -2.76. The van der Waals surface area contributed by atoms with E-state index in [1.165, 1.54) is 0 Å². The zero-order valence-corrected chi connectivity index (χ0v) is 13.2. The number of benzene rings is 1. The van der Waals surface area contributed by atoms with Gasteiger partial charge in [-0.2, -0.15) is 0 Å². The number of hydrogen-bond donors (Lipinski definition) is 1. The number of aromatic nitrogens is 1. The van der Waals surface area contributed by atoms with Gasteiger partial charge in [0.05, 0.1) is 13.2 Å². The summed E-state index contributed by atoms with van der Waals surface area (Å²) in [6, 6.07) is 10.6. The van der Waals surface area contributed by atoms with Crippen molar-refractivity contribution in [3.05, 3.63) is 53.9 Å². The lowest BCUT2D eigenvalue weighted by molar-refractivity contribution is 0.0645. The molecule has 0 aliphatic carbocycles. The van der Waals surface area contributed by atoms with Crippen LogP contribution in [0.15, 0.2) is 42.6 Å². The van der Waals surface area contributed by atoms with Gasteiger partial charge in [0.2, 0.25) is 0 Å². The van der Waals surface area contributed by atoms with Crippen LogP contribution in [0.2, 0.25) is 0 Å². The van der Waals surface area contributed by atoms with Crippen LogP contribution in [-0.4, -0.2) is 48.0 Å². The van der Waals surface area contributed by atoms with E-state index in [4.69, 9.17) is 4.74 Å². The fraction of sp³-hybridized carbons (Fsp3) is 0.294. The lowest BCUT2D eigenvalue weighted by Crippen LogP contribution is -2.50. The number of hydrogen-bond acceptors (Lipinski definition) is 3. The van der Waals surface area contributed by atoms with Crippen molar-refractivity contribution in [2.75, 3.05) is 20.7 Å². The zero-order chi connectivity index (χ0) is 16.4. The molecule has 0 saturated carbocycles. The van der Waals surface area contributed by atoms with E-state index < -0.39 is 0 Å². The standard InChI is InChI=1S/C17H19N3O3/c1-19-13(11-20-8-4-7-15(20)17(19)22)10-18-16(21)12-5-3-6-14(9-12)23-2/h3-9,13H,10-11H2,1-2H3,(H,18,21). The Morgan fingerprint density at radius 2 is 2.17 bits per heavy atom. The number of methoxy groups -OCH3 is 1. The lowest BCUT2D eigenvalue weighted by atomic mass is 10.1. The van der Waals surface area contributed by atoms with Crippen molar-refractivity contribution in [2.24, 2.45) is 0 Å². The lowest BCUT2D eigenvalue weighted by Gasteiger charge is -2.33. The van der Waals surface area contributed by atoms with Crippen LogP contribution in [-0.2, 0) is 6.54 Å². The first-order chi connectivity index (χ1) is 11.1. The Bertz CT molecular complexity index is 738. The second kappa shape index (κ2) is 6.16. The number of ether oxygens (including phenoxy) is 1. The van der Waals surface area contributed by atoms with E-state index in [1.807, 2.05) is 22.9 Å². The maximum atomic E-state index is 12.3. The summed E-state index contributed by atoms with van der Waals surface area (Å²) < 4.78 is 7.05. The number of amides is 2. The average Bonchev–Trinajstić information content (AvgIpc) is 3.05. The van der Waals surface area contributed by atoms with Crippen LogP contribution < -0.4 is 10.1 Å². The molecular weight excluding hydrogens is 294 g/mol. The molecule has 2 amide bonds. The van der Waals surface area contributed by atoms with Gasteiger partial charge < -0.3 is 19.5 Å². The summed E-state index contributed by atoms with van der Waals surface area (Å²) in [7, 11) is 3.33. The van der Waals surface area contributed by atoms with Crippen molar-refractivity contribution in [3.63, 3.8) is 0 Å². The highest BCUT2D eigenvalue weighted by Gasteiger charge is 2.29. The molecule has 23 heavy (non-hydrogen) atoms. The Labute approximate surface area is 134 Å². The second-order valence-corrected chi connectivity index (χ2v) is 5.56. The average molecular weight is 313 g/mol. The zero-order valence-electron chi connectivity index (χ0n) is 13.2. The molecular formula is C17H19N3O3. The van der Waals surface area contributed by atoms with Gasteiger partial charge >= 0.3 is 0 Å². The third-order valence-corrected chi connectivity index (χ3v) is 4.15. The largest absolute Gasteiger partial charge is 0.497 e. The number of carbonyl (C=O) groups is 2. The van der Waals surface area contributed by atoms with Crippen LogP contribution in [0.1, 0.15) is 20.8 Å². The van der Waals surface area contributed by atoms with Crippen LogP contribution in [0.5, 0.6) is 5.75 Å². The Kier molecular flexibility index (Phi) is 4.06. The summed E-state index contributed by atoms with van der Waals surface area (Å²) >= 11 is 0. The summed E-state index contributed by atoms with van der Waals surface area (Å²) in [6.07, 6.45) is 1.89. The molecule has 0 radical (unpaired) electrons. The molecule has 2 heterocycles. The molecule has 0 fully saturated rings. The van der Waals surface area contributed by atoms with Crippen molar-refractivity contribution >= 4 is 11.8 Å². The second-order valence-electron chi connectivity index (χ2n) is 5.56.